The fourth-order valence-electron chi connectivity index (χ4n) is 1.25. The van der Waals surface area contributed by atoms with E-state index in [2.05, 4.69) is 9.72 Å². The topological polar surface area (TPSA) is 22.1 Å². The summed E-state index contributed by atoms with van der Waals surface area (Å²) in [6, 6.07) is 2.94. The summed E-state index contributed by atoms with van der Waals surface area (Å²) in [5.41, 5.74) is 0.705. The maximum absolute atomic E-state index is 12.3. The van der Waals surface area contributed by atoms with E-state index in [1.807, 2.05) is 20.8 Å². The van der Waals surface area contributed by atoms with Crippen molar-refractivity contribution in [2.45, 2.75) is 45.1 Å². The third-order valence-corrected chi connectivity index (χ3v) is 2.36. The molecule has 0 aliphatic rings. The van der Waals surface area contributed by atoms with E-state index >= 15 is 0 Å². The third-order valence-electron chi connectivity index (χ3n) is 2.36. The van der Waals surface area contributed by atoms with Crippen LogP contribution >= 0.6 is 0 Å². The quantitative estimate of drug-likeness (QED) is 0.775. The molecule has 0 bridgehead atoms. The van der Waals surface area contributed by atoms with Gasteiger partial charge in [0.15, 0.2) is 0 Å². The zero-order valence-electron chi connectivity index (χ0n) is 10.3. The third kappa shape index (κ3) is 3.85. The summed E-state index contributed by atoms with van der Waals surface area (Å²) in [6.45, 7) is 5.85. The minimum atomic E-state index is -3.26. The van der Waals surface area contributed by atoms with Gasteiger partial charge in [-0.2, -0.15) is 0 Å². The number of ether oxygens (including phenoxy) is 1. The first-order chi connectivity index (χ1) is 8.21. The summed E-state index contributed by atoms with van der Waals surface area (Å²) in [7, 11) is 0. The summed E-state index contributed by atoms with van der Waals surface area (Å²) in [5.74, 6) is -0.228. The zero-order chi connectivity index (χ0) is 13.9. The Hall–Kier alpha value is -1.33. The van der Waals surface area contributed by atoms with Gasteiger partial charge in [-0.05, 0) is 11.0 Å². The molecule has 1 aromatic heterocycles. The first-order valence-corrected chi connectivity index (χ1v) is 5.41. The van der Waals surface area contributed by atoms with Crippen LogP contribution in [0, 0.1) is 0 Å². The van der Waals surface area contributed by atoms with Crippen molar-refractivity contribution in [3.8, 4) is 5.88 Å². The molecule has 2 nitrogen and oxygen atoms in total. The molecule has 0 amide bonds. The Kier molecular flexibility index (Phi) is 4.53. The summed E-state index contributed by atoms with van der Waals surface area (Å²) in [6.07, 6.45) is -7.52. The van der Waals surface area contributed by atoms with Gasteiger partial charge in [-0.15, -0.1) is 0 Å². The van der Waals surface area contributed by atoms with Crippen LogP contribution in [-0.2, 0) is 5.41 Å². The highest BCUT2D eigenvalue weighted by Gasteiger charge is 2.32. The summed E-state index contributed by atoms with van der Waals surface area (Å²) in [4.78, 5) is 3.76. The molecule has 1 rings (SSSR count). The lowest BCUT2D eigenvalue weighted by Gasteiger charge is -2.20. The predicted molar refractivity (Wildman–Crippen MR) is 59.4 cm³/mol. The van der Waals surface area contributed by atoms with E-state index in [1.54, 1.807) is 6.07 Å². The van der Waals surface area contributed by atoms with Crippen molar-refractivity contribution in [2.24, 2.45) is 0 Å². The number of nitrogens with zero attached hydrogens (tertiary/aromatic N) is 1. The van der Waals surface area contributed by atoms with Gasteiger partial charge in [0.1, 0.15) is 0 Å². The second-order valence-corrected chi connectivity index (χ2v) is 4.89. The average molecular weight is 265 g/mol. The van der Waals surface area contributed by atoms with Crippen molar-refractivity contribution in [2.75, 3.05) is 0 Å². The SMILES string of the molecule is CC(C)(C)c1ccc(OC(C(F)F)C(F)F)nc1. The lowest BCUT2D eigenvalue weighted by molar-refractivity contribution is -0.0781. The van der Waals surface area contributed by atoms with Crippen LogP contribution < -0.4 is 4.74 Å². The molecule has 0 aliphatic heterocycles. The summed E-state index contributed by atoms with van der Waals surface area (Å²) in [5, 5.41) is 0. The average Bonchev–Trinajstić information content (AvgIpc) is 2.24. The molecular weight excluding hydrogens is 250 g/mol. The zero-order valence-corrected chi connectivity index (χ0v) is 10.3. The van der Waals surface area contributed by atoms with Gasteiger partial charge in [-0.25, -0.2) is 22.5 Å². The predicted octanol–water partition coefficient (Wildman–Crippen LogP) is 3.66. The van der Waals surface area contributed by atoms with E-state index in [-0.39, 0.29) is 11.3 Å². The molecule has 1 heterocycles. The highest BCUT2D eigenvalue weighted by atomic mass is 19.3. The normalized spacial score (nSPS) is 12.6. The van der Waals surface area contributed by atoms with Crippen LogP contribution in [-0.4, -0.2) is 23.9 Å². The number of aromatic nitrogens is 1. The van der Waals surface area contributed by atoms with Crippen molar-refractivity contribution >= 4 is 0 Å². The van der Waals surface area contributed by atoms with E-state index in [4.69, 9.17) is 0 Å². The van der Waals surface area contributed by atoms with Gasteiger partial charge in [0.05, 0.1) is 0 Å². The molecule has 0 fully saturated rings. The van der Waals surface area contributed by atoms with Gasteiger partial charge in [-0.3, -0.25) is 0 Å². The number of pyridine rings is 1. The van der Waals surface area contributed by atoms with E-state index in [1.165, 1.54) is 12.3 Å². The monoisotopic (exact) mass is 265 g/mol. The number of rotatable bonds is 4. The molecule has 0 atom stereocenters. The maximum atomic E-state index is 12.3. The van der Waals surface area contributed by atoms with Crippen LogP contribution in [0.5, 0.6) is 5.88 Å². The van der Waals surface area contributed by atoms with Gasteiger partial charge in [-0.1, -0.05) is 26.8 Å². The standard InChI is InChI=1S/C12H15F4NO/c1-12(2,3)7-4-5-8(17-6-7)18-9(10(13)14)11(15)16/h4-6,9-11H,1-3H3. The largest absolute Gasteiger partial charge is 0.462 e. The molecule has 0 aromatic carbocycles. The molecule has 102 valence electrons. The Bertz CT molecular complexity index is 365. The first-order valence-electron chi connectivity index (χ1n) is 5.41. The Morgan fingerprint density at radius 3 is 1.94 bits per heavy atom. The smallest absolute Gasteiger partial charge is 0.280 e. The number of hydrogen-bond donors (Lipinski definition) is 0. The van der Waals surface area contributed by atoms with Crippen molar-refractivity contribution in [3.63, 3.8) is 0 Å². The van der Waals surface area contributed by atoms with Crippen LogP contribution in [0.1, 0.15) is 26.3 Å². The highest BCUT2D eigenvalue weighted by molar-refractivity contribution is 5.23. The van der Waals surface area contributed by atoms with Crippen molar-refractivity contribution in [1.82, 2.24) is 4.98 Å². The molecule has 0 unspecified atom stereocenters. The molecule has 0 radical (unpaired) electrons. The molecule has 0 spiro atoms. The Morgan fingerprint density at radius 1 is 1.06 bits per heavy atom. The molecule has 6 heteroatoms. The minimum Gasteiger partial charge on any atom is -0.462 e. The van der Waals surface area contributed by atoms with Crippen LogP contribution in [0.2, 0.25) is 0 Å². The van der Waals surface area contributed by atoms with E-state index in [9.17, 15) is 17.6 Å². The minimum absolute atomic E-state index is 0.156. The second-order valence-electron chi connectivity index (χ2n) is 4.89. The van der Waals surface area contributed by atoms with Gasteiger partial charge < -0.3 is 4.74 Å². The van der Waals surface area contributed by atoms with Gasteiger partial charge in [0, 0.05) is 12.3 Å². The second kappa shape index (κ2) is 5.54. The van der Waals surface area contributed by atoms with E-state index < -0.39 is 19.0 Å². The number of halogens is 4. The maximum Gasteiger partial charge on any atom is 0.280 e. The summed E-state index contributed by atoms with van der Waals surface area (Å²) < 4.78 is 53.6. The van der Waals surface area contributed by atoms with Crippen LogP contribution in [0.4, 0.5) is 17.6 Å². The first kappa shape index (κ1) is 14.7. The van der Waals surface area contributed by atoms with Gasteiger partial charge in [0.2, 0.25) is 12.0 Å². The molecule has 0 saturated heterocycles. The van der Waals surface area contributed by atoms with Gasteiger partial charge >= 0.3 is 0 Å². The van der Waals surface area contributed by atoms with Crippen LogP contribution in [0.3, 0.4) is 0 Å². The van der Waals surface area contributed by atoms with Crippen LogP contribution in [0.15, 0.2) is 18.3 Å². The molecule has 0 aliphatic carbocycles. The summed E-state index contributed by atoms with van der Waals surface area (Å²) >= 11 is 0. The Balaban J connectivity index is 2.80. The number of alkyl halides is 4. The van der Waals surface area contributed by atoms with E-state index in [0.29, 0.717) is 0 Å². The Morgan fingerprint density at radius 2 is 1.61 bits per heavy atom. The van der Waals surface area contributed by atoms with E-state index in [0.717, 1.165) is 5.56 Å². The van der Waals surface area contributed by atoms with Crippen molar-refractivity contribution < 1.29 is 22.3 Å². The lowest BCUT2D eigenvalue weighted by atomic mass is 9.88. The highest BCUT2D eigenvalue weighted by Crippen LogP contribution is 2.24. The molecule has 0 saturated carbocycles. The number of hydrogen-bond acceptors (Lipinski definition) is 2. The lowest BCUT2D eigenvalue weighted by Crippen LogP contribution is -2.33. The van der Waals surface area contributed by atoms with Gasteiger partial charge in [0.25, 0.3) is 12.9 Å². The Labute approximate surface area is 103 Å². The fraction of sp³-hybridized carbons (Fsp3) is 0.583. The van der Waals surface area contributed by atoms with Crippen LogP contribution in [0.25, 0.3) is 0 Å². The van der Waals surface area contributed by atoms with Crippen molar-refractivity contribution in [1.29, 1.82) is 0 Å². The molecule has 0 N–H and O–H groups in total. The fourth-order valence-corrected chi connectivity index (χ4v) is 1.25. The molecule has 1 aromatic rings. The molecule has 18 heavy (non-hydrogen) atoms. The molecular formula is C12H15F4NO. The van der Waals surface area contributed by atoms with Crippen molar-refractivity contribution in [3.05, 3.63) is 23.9 Å².